The molecule has 23 heavy (non-hydrogen) atoms. The summed E-state index contributed by atoms with van der Waals surface area (Å²) in [5.41, 5.74) is 2.46. The van der Waals surface area contributed by atoms with E-state index < -0.39 is 5.60 Å². The van der Waals surface area contributed by atoms with Gasteiger partial charge in [-0.3, -0.25) is 0 Å². The number of hydrogen-bond donors (Lipinski definition) is 2. The molecule has 4 rings (SSSR count). The molecule has 4 aliphatic carbocycles. The van der Waals surface area contributed by atoms with E-state index in [1.54, 1.807) is 11.1 Å². The molecule has 0 amide bonds. The SMILES string of the molecule is C#C[C@]1(O)CC[C@H]2[C@@]3(C)CCC4=C(CC[C@@H](O)C4)[C@H]3CC[C@@]21C. The third kappa shape index (κ3) is 1.90. The van der Waals surface area contributed by atoms with Gasteiger partial charge >= 0.3 is 0 Å². The molecule has 2 saturated carbocycles. The van der Waals surface area contributed by atoms with E-state index in [1.165, 1.54) is 6.42 Å². The fourth-order valence-electron chi connectivity index (χ4n) is 6.98. The Balaban J connectivity index is 1.73. The van der Waals surface area contributed by atoms with Crippen LogP contribution in [0.3, 0.4) is 0 Å². The summed E-state index contributed by atoms with van der Waals surface area (Å²) in [4.78, 5) is 0. The van der Waals surface area contributed by atoms with E-state index in [-0.39, 0.29) is 16.9 Å². The van der Waals surface area contributed by atoms with Gasteiger partial charge in [-0.15, -0.1) is 6.42 Å². The summed E-state index contributed by atoms with van der Waals surface area (Å²) in [5, 5.41) is 21.1. The summed E-state index contributed by atoms with van der Waals surface area (Å²) in [7, 11) is 0. The average Bonchev–Trinajstić information content (AvgIpc) is 2.80. The van der Waals surface area contributed by atoms with Gasteiger partial charge in [0.2, 0.25) is 0 Å². The maximum Gasteiger partial charge on any atom is 0.130 e. The lowest BCUT2D eigenvalue weighted by molar-refractivity contribution is -0.107. The van der Waals surface area contributed by atoms with Gasteiger partial charge in [-0.25, -0.2) is 0 Å². The monoisotopic (exact) mass is 314 g/mol. The quantitative estimate of drug-likeness (QED) is 0.527. The van der Waals surface area contributed by atoms with Gasteiger partial charge in [0.25, 0.3) is 0 Å². The molecule has 6 atom stereocenters. The van der Waals surface area contributed by atoms with Gasteiger partial charge in [0.15, 0.2) is 0 Å². The molecule has 0 aliphatic heterocycles. The van der Waals surface area contributed by atoms with Crippen LogP contribution in [0.1, 0.15) is 71.6 Å². The Kier molecular flexibility index (Phi) is 3.33. The largest absolute Gasteiger partial charge is 0.393 e. The maximum absolute atomic E-state index is 11.0. The first-order valence-corrected chi connectivity index (χ1v) is 9.43. The summed E-state index contributed by atoms with van der Waals surface area (Å²) in [6.07, 6.45) is 14.9. The van der Waals surface area contributed by atoms with Gasteiger partial charge in [0.1, 0.15) is 5.60 Å². The highest BCUT2D eigenvalue weighted by molar-refractivity contribution is 5.32. The second-order valence-electron chi connectivity index (χ2n) is 9.14. The number of aliphatic hydroxyl groups is 2. The Hall–Kier alpha value is -0.780. The number of hydrogen-bond acceptors (Lipinski definition) is 2. The Labute approximate surface area is 140 Å². The Morgan fingerprint density at radius 1 is 1.09 bits per heavy atom. The first-order valence-electron chi connectivity index (χ1n) is 9.43. The smallest absolute Gasteiger partial charge is 0.130 e. The molecule has 2 nitrogen and oxygen atoms in total. The van der Waals surface area contributed by atoms with E-state index in [4.69, 9.17) is 6.42 Å². The lowest BCUT2D eigenvalue weighted by atomic mass is 9.46. The predicted octanol–water partition coefficient (Wildman–Crippen LogP) is 3.82. The highest BCUT2D eigenvalue weighted by atomic mass is 16.3. The van der Waals surface area contributed by atoms with E-state index in [9.17, 15) is 10.2 Å². The van der Waals surface area contributed by atoms with Crippen LogP contribution in [0.4, 0.5) is 0 Å². The molecule has 2 N–H and O–H groups in total. The molecule has 0 unspecified atom stereocenters. The molecule has 126 valence electrons. The van der Waals surface area contributed by atoms with Crippen LogP contribution in [-0.4, -0.2) is 21.9 Å². The lowest BCUT2D eigenvalue weighted by Crippen LogP contribution is -2.55. The molecule has 0 aromatic rings. The number of rotatable bonds is 0. The molecule has 0 aromatic carbocycles. The van der Waals surface area contributed by atoms with Gasteiger partial charge in [-0.2, -0.15) is 0 Å². The second-order valence-corrected chi connectivity index (χ2v) is 9.14. The van der Waals surface area contributed by atoms with Crippen LogP contribution < -0.4 is 0 Å². The fraction of sp³-hybridized carbons (Fsp3) is 0.810. The number of aliphatic hydroxyl groups excluding tert-OH is 1. The molecule has 0 spiro atoms. The summed E-state index contributed by atoms with van der Waals surface area (Å²) in [5.74, 6) is 3.94. The third-order valence-electron chi connectivity index (χ3n) is 8.36. The van der Waals surface area contributed by atoms with Crippen molar-refractivity contribution in [3.8, 4) is 12.3 Å². The van der Waals surface area contributed by atoms with Crippen molar-refractivity contribution in [3.63, 3.8) is 0 Å². The predicted molar refractivity (Wildman–Crippen MR) is 91.6 cm³/mol. The van der Waals surface area contributed by atoms with Gasteiger partial charge in [-0.05, 0) is 75.0 Å². The Morgan fingerprint density at radius 3 is 2.61 bits per heavy atom. The summed E-state index contributed by atoms with van der Waals surface area (Å²) in [6.45, 7) is 4.72. The number of allylic oxidation sites excluding steroid dienone is 1. The highest BCUT2D eigenvalue weighted by Crippen LogP contribution is 2.69. The minimum absolute atomic E-state index is 0.120. The van der Waals surface area contributed by atoms with Crippen LogP contribution in [0, 0.1) is 35.0 Å². The zero-order chi connectivity index (χ0) is 16.5. The van der Waals surface area contributed by atoms with E-state index in [0.717, 1.165) is 51.4 Å². The minimum Gasteiger partial charge on any atom is -0.393 e. The van der Waals surface area contributed by atoms with Gasteiger partial charge in [0.05, 0.1) is 6.10 Å². The van der Waals surface area contributed by atoms with Crippen LogP contribution in [-0.2, 0) is 0 Å². The summed E-state index contributed by atoms with van der Waals surface area (Å²) < 4.78 is 0. The van der Waals surface area contributed by atoms with Crippen molar-refractivity contribution in [2.24, 2.45) is 22.7 Å². The van der Waals surface area contributed by atoms with E-state index >= 15 is 0 Å². The van der Waals surface area contributed by atoms with Crippen LogP contribution in [0.15, 0.2) is 11.1 Å². The molecule has 2 fully saturated rings. The van der Waals surface area contributed by atoms with Crippen LogP contribution in [0.2, 0.25) is 0 Å². The van der Waals surface area contributed by atoms with Crippen molar-refractivity contribution in [1.29, 1.82) is 0 Å². The molecule has 2 heteroatoms. The van der Waals surface area contributed by atoms with Crippen molar-refractivity contribution in [3.05, 3.63) is 11.1 Å². The second kappa shape index (κ2) is 4.87. The zero-order valence-corrected chi connectivity index (χ0v) is 14.6. The van der Waals surface area contributed by atoms with Crippen molar-refractivity contribution in [1.82, 2.24) is 0 Å². The van der Waals surface area contributed by atoms with Crippen LogP contribution in [0.5, 0.6) is 0 Å². The number of fused-ring (bicyclic) bond motifs is 4. The van der Waals surface area contributed by atoms with Gasteiger partial charge in [0, 0.05) is 5.41 Å². The molecule has 0 radical (unpaired) electrons. The van der Waals surface area contributed by atoms with Crippen LogP contribution >= 0.6 is 0 Å². The molecular formula is C21H30O2. The standard InChI is InChI=1S/C21H30O2/c1-4-21(23)12-9-18-19(2)10-7-14-13-15(22)5-6-16(14)17(19)8-11-20(18,21)3/h1,15,17-18,22-23H,5-13H2,2-3H3/t15-,17-,18+,19+,20+,21+/m1/s1. The molecule has 0 aromatic heterocycles. The normalized spacial score (nSPS) is 52.4. The highest BCUT2D eigenvalue weighted by Gasteiger charge is 2.65. The Morgan fingerprint density at radius 2 is 1.87 bits per heavy atom. The first kappa shape index (κ1) is 15.7. The van der Waals surface area contributed by atoms with Crippen molar-refractivity contribution in [2.45, 2.75) is 83.3 Å². The van der Waals surface area contributed by atoms with Crippen LogP contribution in [0.25, 0.3) is 0 Å². The first-order chi connectivity index (χ1) is 10.8. The molecule has 0 bridgehead atoms. The Bertz CT molecular complexity index is 599. The summed E-state index contributed by atoms with van der Waals surface area (Å²) in [6, 6.07) is 0. The number of terminal acetylenes is 1. The van der Waals surface area contributed by atoms with Crippen molar-refractivity contribution < 1.29 is 10.2 Å². The maximum atomic E-state index is 11.0. The van der Waals surface area contributed by atoms with E-state index in [0.29, 0.717) is 11.8 Å². The van der Waals surface area contributed by atoms with Gasteiger partial charge < -0.3 is 10.2 Å². The molecule has 0 saturated heterocycles. The van der Waals surface area contributed by atoms with E-state index in [1.807, 2.05) is 0 Å². The molecular weight excluding hydrogens is 284 g/mol. The van der Waals surface area contributed by atoms with E-state index in [2.05, 4.69) is 19.8 Å². The molecule has 0 heterocycles. The van der Waals surface area contributed by atoms with Crippen molar-refractivity contribution >= 4 is 0 Å². The fourth-order valence-corrected chi connectivity index (χ4v) is 6.98. The zero-order valence-electron chi connectivity index (χ0n) is 14.6. The average molecular weight is 314 g/mol. The third-order valence-corrected chi connectivity index (χ3v) is 8.36. The van der Waals surface area contributed by atoms with Crippen molar-refractivity contribution in [2.75, 3.05) is 0 Å². The lowest BCUT2D eigenvalue weighted by Gasteiger charge is -2.59. The topological polar surface area (TPSA) is 40.5 Å². The van der Waals surface area contributed by atoms with Gasteiger partial charge in [-0.1, -0.05) is 30.9 Å². The molecule has 4 aliphatic rings. The minimum atomic E-state index is -0.914. The summed E-state index contributed by atoms with van der Waals surface area (Å²) >= 11 is 0.